The molecule has 6 nitrogen and oxygen atoms in total. The normalized spacial score (nSPS) is 25.8. The second-order valence-electron chi connectivity index (χ2n) is 5.74. The molecular weight excluding hydrogens is 313 g/mol. The molecule has 1 aromatic heterocycles. The summed E-state index contributed by atoms with van der Waals surface area (Å²) in [7, 11) is 0. The number of aliphatic carboxylic acids is 1. The fourth-order valence-electron chi connectivity index (χ4n) is 3.11. The number of hydrogen-bond donors (Lipinski definition) is 1. The van der Waals surface area contributed by atoms with Gasteiger partial charge in [-0.1, -0.05) is 11.6 Å². The van der Waals surface area contributed by atoms with Crippen molar-refractivity contribution in [3.05, 3.63) is 23.1 Å². The van der Waals surface area contributed by atoms with Crippen molar-refractivity contribution in [3.63, 3.8) is 0 Å². The maximum atomic E-state index is 14.1. The summed E-state index contributed by atoms with van der Waals surface area (Å²) in [5.74, 6) is -0.949. The van der Waals surface area contributed by atoms with Gasteiger partial charge in [0.1, 0.15) is 0 Å². The third-order valence-corrected chi connectivity index (χ3v) is 4.22. The number of carboxylic acid groups (broad SMARTS) is 1. The topological polar surface area (TPSA) is 65.9 Å². The summed E-state index contributed by atoms with van der Waals surface area (Å²) in [5.41, 5.74) is 0. The molecule has 120 valence electrons. The molecule has 2 bridgehead atoms. The van der Waals surface area contributed by atoms with Gasteiger partial charge in [0.25, 0.3) is 0 Å². The van der Waals surface area contributed by atoms with Crippen molar-refractivity contribution >= 4 is 23.4 Å². The van der Waals surface area contributed by atoms with E-state index in [9.17, 15) is 9.18 Å². The zero-order valence-electron chi connectivity index (χ0n) is 11.9. The Morgan fingerprint density at radius 2 is 2.27 bits per heavy atom. The van der Waals surface area contributed by atoms with Crippen LogP contribution in [-0.4, -0.2) is 66.4 Å². The van der Waals surface area contributed by atoms with E-state index in [1.807, 2.05) is 9.80 Å². The second-order valence-corrected chi connectivity index (χ2v) is 6.18. The molecule has 22 heavy (non-hydrogen) atoms. The van der Waals surface area contributed by atoms with Crippen LogP contribution in [0.15, 0.2) is 12.3 Å². The number of nitrogens with zero attached hydrogens (tertiary/aromatic N) is 3. The zero-order valence-corrected chi connectivity index (χ0v) is 12.7. The van der Waals surface area contributed by atoms with E-state index in [1.54, 1.807) is 0 Å². The van der Waals surface area contributed by atoms with Crippen LogP contribution in [0.5, 0.6) is 0 Å². The van der Waals surface area contributed by atoms with Crippen LogP contribution >= 0.6 is 11.6 Å². The lowest BCUT2D eigenvalue weighted by atomic mass is 10.1. The summed E-state index contributed by atoms with van der Waals surface area (Å²) in [5, 5.41) is 9.31. The minimum Gasteiger partial charge on any atom is -0.480 e. The smallest absolute Gasteiger partial charge is 0.317 e. The number of ether oxygens (including phenoxy) is 1. The lowest BCUT2D eigenvalue weighted by molar-refractivity contribution is -0.138. The molecule has 0 aliphatic carbocycles. The van der Waals surface area contributed by atoms with E-state index < -0.39 is 11.8 Å². The zero-order chi connectivity index (χ0) is 15.7. The van der Waals surface area contributed by atoms with Crippen LogP contribution in [-0.2, 0) is 9.53 Å². The minimum atomic E-state index is -0.866. The summed E-state index contributed by atoms with van der Waals surface area (Å²) in [6, 6.07) is 1.15. The molecule has 1 aromatic rings. The molecule has 2 aliphatic rings. The Morgan fingerprint density at radius 3 is 3.00 bits per heavy atom. The van der Waals surface area contributed by atoms with Gasteiger partial charge in [-0.05, 0) is 6.07 Å². The third kappa shape index (κ3) is 3.31. The van der Waals surface area contributed by atoms with Crippen molar-refractivity contribution in [2.45, 2.75) is 6.04 Å². The first-order valence-electron chi connectivity index (χ1n) is 7.12. The summed E-state index contributed by atoms with van der Waals surface area (Å²) in [6.45, 7) is 2.64. The number of halogens is 2. The van der Waals surface area contributed by atoms with E-state index in [2.05, 4.69) is 4.98 Å². The first kappa shape index (κ1) is 15.5. The molecule has 2 saturated heterocycles. The number of aromatic nitrogens is 1. The van der Waals surface area contributed by atoms with Crippen LogP contribution in [0.3, 0.4) is 0 Å². The van der Waals surface area contributed by atoms with Gasteiger partial charge in [-0.25, -0.2) is 9.37 Å². The quantitative estimate of drug-likeness (QED) is 0.895. The fraction of sp³-hybridized carbons (Fsp3) is 0.571. The molecule has 2 fully saturated rings. The lowest BCUT2D eigenvalue weighted by Gasteiger charge is -2.31. The first-order chi connectivity index (χ1) is 10.5. The Kier molecular flexibility index (Phi) is 4.46. The summed E-state index contributed by atoms with van der Waals surface area (Å²) in [6.07, 6.45) is 1.42. The summed E-state index contributed by atoms with van der Waals surface area (Å²) >= 11 is 5.75. The van der Waals surface area contributed by atoms with Crippen LogP contribution in [0.25, 0.3) is 0 Å². The van der Waals surface area contributed by atoms with Crippen LogP contribution in [0.2, 0.25) is 5.02 Å². The van der Waals surface area contributed by atoms with Crippen LogP contribution in [0.4, 0.5) is 10.2 Å². The van der Waals surface area contributed by atoms with Crippen molar-refractivity contribution in [3.8, 4) is 0 Å². The third-order valence-electron chi connectivity index (χ3n) is 4.01. The molecule has 2 atom stereocenters. The van der Waals surface area contributed by atoms with E-state index in [0.29, 0.717) is 32.8 Å². The Hall–Kier alpha value is -1.44. The molecule has 2 aliphatic heterocycles. The highest BCUT2D eigenvalue weighted by Gasteiger charge is 2.35. The van der Waals surface area contributed by atoms with Gasteiger partial charge in [-0.15, -0.1) is 0 Å². The van der Waals surface area contributed by atoms with Crippen molar-refractivity contribution in [2.75, 3.05) is 44.3 Å². The lowest BCUT2D eigenvalue weighted by Crippen LogP contribution is -2.46. The molecule has 1 N–H and O–H groups in total. The van der Waals surface area contributed by atoms with E-state index in [1.165, 1.54) is 12.3 Å². The molecule has 0 spiro atoms. The predicted octanol–water partition coefficient (Wildman–Crippen LogP) is 1.10. The molecule has 0 saturated carbocycles. The predicted molar refractivity (Wildman–Crippen MR) is 78.7 cm³/mol. The van der Waals surface area contributed by atoms with E-state index in [0.717, 1.165) is 0 Å². The fourth-order valence-corrected chi connectivity index (χ4v) is 3.25. The molecule has 0 radical (unpaired) electrons. The Bertz CT molecular complexity index is 574. The molecule has 3 rings (SSSR count). The monoisotopic (exact) mass is 329 g/mol. The SMILES string of the molecule is O=C(O)CN1C[C@H]2COC[C@@H]1CN(c1ncc(Cl)cc1F)C2. The van der Waals surface area contributed by atoms with Gasteiger partial charge in [-0.2, -0.15) is 0 Å². The standard InChI is InChI=1S/C14H17ClFN3O3/c15-10-1-12(16)14(17-2-10)19-4-9-3-18(6-13(20)21)11(5-19)8-22-7-9/h1-2,9,11H,3-8H2,(H,20,21)/t9-,11+/m1/s1. The molecule has 0 aromatic carbocycles. The van der Waals surface area contributed by atoms with Gasteiger partial charge in [0.15, 0.2) is 11.6 Å². The Morgan fingerprint density at radius 1 is 1.45 bits per heavy atom. The highest BCUT2D eigenvalue weighted by Crippen LogP contribution is 2.26. The van der Waals surface area contributed by atoms with Crippen molar-refractivity contribution in [1.29, 1.82) is 0 Å². The minimum absolute atomic E-state index is 0.0328. The van der Waals surface area contributed by atoms with Gasteiger partial charge in [-0.3, -0.25) is 9.69 Å². The van der Waals surface area contributed by atoms with Gasteiger partial charge in [0.2, 0.25) is 0 Å². The van der Waals surface area contributed by atoms with E-state index >= 15 is 0 Å². The highest BCUT2D eigenvalue weighted by atomic mass is 35.5. The number of anilines is 1. The van der Waals surface area contributed by atoms with Gasteiger partial charge >= 0.3 is 5.97 Å². The second kappa shape index (κ2) is 6.36. The maximum absolute atomic E-state index is 14.1. The van der Waals surface area contributed by atoms with Crippen LogP contribution < -0.4 is 4.90 Å². The number of carbonyl (C=O) groups is 1. The highest BCUT2D eigenvalue weighted by molar-refractivity contribution is 6.30. The van der Waals surface area contributed by atoms with Gasteiger partial charge in [0.05, 0.1) is 30.8 Å². The number of fused-ring (bicyclic) bond motifs is 3. The summed E-state index contributed by atoms with van der Waals surface area (Å²) in [4.78, 5) is 18.9. The van der Waals surface area contributed by atoms with E-state index in [4.69, 9.17) is 21.4 Å². The largest absolute Gasteiger partial charge is 0.480 e. The number of pyridine rings is 1. The molecular formula is C14H17ClFN3O3. The van der Waals surface area contributed by atoms with Gasteiger partial charge in [0, 0.05) is 31.7 Å². The number of rotatable bonds is 3. The van der Waals surface area contributed by atoms with Crippen LogP contribution in [0.1, 0.15) is 0 Å². The average Bonchev–Trinajstić information content (AvgIpc) is 2.67. The van der Waals surface area contributed by atoms with Gasteiger partial charge < -0.3 is 14.7 Å². The van der Waals surface area contributed by atoms with Crippen molar-refractivity contribution in [1.82, 2.24) is 9.88 Å². The van der Waals surface area contributed by atoms with Crippen molar-refractivity contribution < 1.29 is 19.0 Å². The Balaban J connectivity index is 1.85. The Labute approximate surface area is 132 Å². The van der Waals surface area contributed by atoms with Crippen molar-refractivity contribution in [2.24, 2.45) is 5.92 Å². The molecule has 0 amide bonds. The molecule has 3 heterocycles. The summed E-state index contributed by atoms with van der Waals surface area (Å²) < 4.78 is 19.7. The first-order valence-corrected chi connectivity index (χ1v) is 7.50. The average molecular weight is 330 g/mol. The van der Waals surface area contributed by atoms with E-state index in [-0.39, 0.29) is 29.3 Å². The van der Waals surface area contributed by atoms with Crippen LogP contribution in [0, 0.1) is 11.7 Å². The molecule has 0 unspecified atom stereocenters. The molecule has 8 heteroatoms. The number of carboxylic acids is 1. The number of hydrogen-bond acceptors (Lipinski definition) is 5. The maximum Gasteiger partial charge on any atom is 0.317 e.